The van der Waals surface area contributed by atoms with Crippen LogP contribution in [-0.4, -0.2) is 30.2 Å². The number of aliphatic carboxylic acids is 1. The smallest absolute Gasteiger partial charge is 0.333 e. The van der Waals surface area contributed by atoms with Crippen molar-refractivity contribution in [2.45, 2.75) is 32.9 Å². The summed E-state index contributed by atoms with van der Waals surface area (Å²) in [5, 5.41) is 8.78. The predicted molar refractivity (Wildman–Crippen MR) is 127 cm³/mol. The van der Waals surface area contributed by atoms with Gasteiger partial charge in [0.15, 0.2) is 5.65 Å². The Morgan fingerprint density at radius 2 is 1.79 bits per heavy atom. The molecule has 168 valence electrons. The number of hydrogen-bond acceptors (Lipinski definition) is 4. The van der Waals surface area contributed by atoms with Crippen LogP contribution in [0.1, 0.15) is 30.9 Å². The van der Waals surface area contributed by atoms with Gasteiger partial charge >= 0.3 is 11.7 Å². The zero-order valence-electron chi connectivity index (χ0n) is 18.2. The summed E-state index contributed by atoms with van der Waals surface area (Å²) in [6, 6.07) is 16.5. The first-order chi connectivity index (χ1) is 16.0. The average Bonchev–Trinajstić information content (AvgIpc) is 3.27. The highest BCUT2D eigenvalue weighted by Gasteiger charge is 2.18. The second-order valence-corrected chi connectivity index (χ2v) is 7.74. The van der Waals surface area contributed by atoms with Crippen molar-refractivity contribution >= 4 is 23.2 Å². The summed E-state index contributed by atoms with van der Waals surface area (Å²) in [6.45, 7) is 2.68. The van der Waals surface area contributed by atoms with Gasteiger partial charge in [0.2, 0.25) is 0 Å². The number of aryl methyl sites for hydroxylation is 1. The van der Waals surface area contributed by atoms with Gasteiger partial charge in [0.05, 0.1) is 6.54 Å². The van der Waals surface area contributed by atoms with E-state index >= 15 is 0 Å². The summed E-state index contributed by atoms with van der Waals surface area (Å²) >= 11 is 0. The summed E-state index contributed by atoms with van der Waals surface area (Å²) in [6.07, 6.45) is 4.24. The fourth-order valence-electron chi connectivity index (χ4n) is 3.65. The van der Waals surface area contributed by atoms with E-state index in [1.807, 2.05) is 37.3 Å². The molecule has 4 aromatic rings. The molecule has 33 heavy (non-hydrogen) atoms. The van der Waals surface area contributed by atoms with Gasteiger partial charge in [-0.25, -0.2) is 14.6 Å². The Morgan fingerprint density at radius 3 is 2.45 bits per heavy atom. The summed E-state index contributed by atoms with van der Waals surface area (Å²) < 4.78 is 2.81. The Hall–Kier alpha value is -4.20. The Labute approximate surface area is 189 Å². The number of fused-ring (bicyclic) bond motifs is 1. The zero-order valence-corrected chi connectivity index (χ0v) is 18.2. The summed E-state index contributed by atoms with van der Waals surface area (Å²) in [7, 11) is 0. The molecule has 4 rings (SSSR count). The molecule has 2 N–H and O–H groups in total. The van der Waals surface area contributed by atoms with Crippen molar-refractivity contribution in [1.82, 2.24) is 19.1 Å². The molecule has 0 unspecified atom stereocenters. The number of benzene rings is 2. The lowest BCUT2D eigenvalue weighted by Crippen LogP contribution is -2.40. The van der Waals surface area contributed by atoms with Gasteiger partial charge in [0.1, 0.15) is 11.3 Å². The molecule has 0 amide bonds. The van der Waals surface area contributed by atoms with Crippen LogP contribution in [0.2, 0.25) is 0 Å². The molecule has 0 spiro atoms. The van der Waals surface area contributed by atoms with Crippen LogP contribution in [0.4, 0.5) is 0 Å². The number of H-pyrrole nitrogens is 1. The number of aromatic nitrogens is 4. The highest BCUT2D eigenvalue weighted by Crippen LogP contribution is 2.20. The van der Waals surface area contributed by atoms with E-state index in [1.165, 1.54) is 10.6 Å². The quantitative estimate of drug-likeness (QED) is 0.404. The topological polar surface area (TPSA) is 110 Å². The van der Waals surface area contributed by atoms with E-state index in [1.54, 1.807) is 28.8 Å². The van der Waals surface area contributed by atoms with Crippen molar-refractivity contribution in [2.24, 2.45) is 0 Å². The zero-order chi connectivity index (χ0) is 23.4. The molecule has 0 bridgehead atoms. The average molecular weight is 444 g/mol. The number of carboxylic acids is 1. The van der Waals surface area contributed by atoms with E-state index in [4.69, 9.17) is 5.11 Å². The molecule has 0 fully saturated rings. The highest BCUT2D eigenvalue weighted by atomic mass is 16.4. The van der Waals surface area contributed by atoms with Gasteiger partial charge in [-0.1, -0.05) is 67.9 Å². The van der Waals surface area contributed by atoms with Crippen LogP contribution < -0.4 is 11.2 Å². The standard InChI is InChI=1S/C25H24N4O4/c1-2-3-15-28-23-21(24(32)29(25(28)33)16-18-7-5-4-6-8-18)26-22(27-23)19-12-9-17(10-13-19)11-14-20(30)31/h4-14H,2-3,15-16H2,1H3,(H,26,27)(H,30,31). The van der Waals surface area contributed by atoms with Crippen molar-refractivity contribution in [2.75, 3.05) is 0 Å². The van der Waals surface area contributed by atoms with E-state index < -0.39 is 11.5 Å². The number of rotatable bonds is 8. The summed E-state index contributed by atoms with van der Waals surface area (Å²) in [5.74, 6) is -0.550. The number of carbonyl (C=O) groups is 1. The van der Waals surface area contributed by atoms with Gasteiger partial charge < -0.3 is 10.1 Å². The summed E-state index contributed by atoms with van der Waals surface area (Å²) in [5.41, 5.74) is 2.15. The maximum Gasteiger partial charge on any atom is 0.333 e. The lowest BCUT2D eigenvalue weighted by atomic mass is 10.1. The Kier molecular flexibility index (Phi) is 6.35. The fourth-order valence-corrected chi connectivity index (χ4v) is 3.65. The molecule has 2 aromatic heterocycles. The molecule has 0 aliphatic heterocycles. The lowest BCUT2D eigenvalue weighted by molar-refractivity contribution is -0.131. The molecule has 0 saturated carbocycles. The molecule has 2 aromatic carbocycles. The van der Waals surface area contributed by atoms with Gasteiger partial charge in [-0.15, -0.1) is 0 Å². The first-order valence-corrected chi connectivity index (χ1v) is 10.8. The Bertz CT molecular complexity index is 1430. The van der Waals surface area contributed by atoms with E-state index in [0.717, 1.165) is 35.6 Å². The Morgan fingerprint density at radius 1 is 1.06 bits per heavy atom. The number of aromatic amines is 1. The third-order valence-electron chi connectivity index (χ3n) is 5.38. The van der Waals surface area contributed by atoms with Crippen LogP contribution in [0.5, 0.6) is 0 Å². The van der Waals surface area contributed by atoms with E-state index in [-0.39, 0.29) is 17.8 Å². The van der Waals surface area contributed by atoms with Gasteiger partial charge in [0, 0.05) is 18.2 Å². The maximum atomic E-state index is 13.2. The first-order valence-electron chi connectivity index (χ1n) is 10.8. The van der Waals surface area contributed by atoms with Crippen LogP contribution in [0, 0.1) is 0 Å². The van der Waals surface area contributed by atoms with Crippen molar-refractivity contribution in [3.05, 3.63) is 92.6 Å². The molecule has 0 radical (unpaired) electrons. The summed E-state index contributed by atoms with van der Waals surface area (Å²) in [4.78, 5) is 44.9. The molecular weight excluding hydrogens is 420 g/mol. The van der Waals surface area contributed by atoms with E-state index in [2.05, 4.69) is 9.97 Å². The number of carboxylic acid groups (broad SMARTS) is 1. The minimum Gasteiger partial charge on any atom is -0.478 e. The number of imidazole rings is 1. The number of nitrogens with zero attached hydrogens (tertiary/aromatic N) is 3. The van der Waals surface area contributed by atoms with Crippen LogP contribution in [0.3, 0.4) is 0 Å². The van der Waals surface area contributed by atoms with Gasteiger partial charge in [-0.05, 0) is 23.6 Å². The highest BCUT2D eigenvalue weighted by molar-refractivity contribution is 5.85. The number of unbranched alkanes of at least 4 members (excludes halogenated alkanes) is 1. The molecule has 0 aliphatic carbocycles. The first kappa shape index (κ1) is 22.0. The fraction of sp³-hybridized carbons (Fsp3) is 0.200. The monoisotopic (exact) mass is 444 g/mol. The van der Waals surface area contributed by atoms with Gasteiger partial charge in [-0.2, -0.15) is 0 Å². The van der Waals surface area contributed by atoms with Crippen LogP contribution >= 0.6 is 0 Å². The third-order valence-corrected chi connectivity index (χ3v) is 5.38. The minimum atomic E-state index is -1.02. The molecule has 8 heteroatoms. The second kappa shape index (κ2) is 9.52. The molecule has 0 saturated heterocycles. The largest absolute Gasteiger partial charge is 0.478 e. The van der Waals surface area contributed by atoms with Crippen molar-refractivity contribution in [3.63, 3.8) is 0 Å². The van der Waals surface area contributed by atoms with Crippen LogP contribution in [0.25, 0.3) is 28.6 Å². The number of hydrogen-bond donors (Lipinski definition) is 2. The van der Waals surface area contributed by atoms with Crippen LogP contribution in [0.15, 0.2) is 70.3 Å². The third kappa shape index (κ3) is 4.69. The van der Waals surface area contributed by atoms with Crippen molar-refractivity contribution in [1.29, 1.82) is 0 Å². The molecule has 0 atom stereocenters. The molecule has 2 heterocycles. The van der Waals surface area contributed by atoms with E-state index in [0.29, 0.717) is 18.0 Å². The minimum absolute atomic E-state index is 0.180. The molecule has 8 nitrogen and oxygen atoms in total. The van der Waals surface area contributed by atoms with Gasteiger partial charge in [0.25, 0.3) is 5.56 Å². The molecular formula is C25H24N4O4. The molecule has 0 aliphatic rings. The predicted octanol–water partition coefficient (Wildman–Crippen LogP) is 3.50. The maximum absolute atomic E-state index is 13.2. The van der Waals surface area contributed by atoms with Crippen molar-refractivity contribution < 1.29 is 9.90 Å². The second-order valence-electron chi connectivity index (χ2n) is 7.74. The lowest BCUT2D eigenvalue weighted by Gasteiger charge is -2.11. The van der Waals surface area contributed by atoms with E-state index in [9.17, 15) is 14.4 Å². The van der Waals surface area contributed by atoms with Crippen LogP contribution in [-0.2, 0) is 17.9 Å². The Balaban J connectivity index is 1.81. The van der Waals surface area contributed by atoms with Crippen molar-refractivity contribution in [3.8, 4) is 11.4 Å². The normalized spacial score (nSPS) is 11.4. The SMILES string of the molecule is CCCCn1c(=O)n(Cc2ccccc2)c(=O)c2[nH]c(-c3ccc(C=CC(=O)O)cc3)nc21. The van der Waals surface area contributed by atoms with Gasteiger partial charge in [-0.3, -0.25) is 13.9 Å². The number of nitrogens with one attached hydrogen (secondary N) is 1.